The Bertz CT molecular complexity index is 700. The zero-order valence-corrected chi connectivity index (χ0v) is 12.3. The van der Waals surface area contributed by atoms with Gasteiger partial charge < -0.3 is 0 Å². The molecule has 0 fully saturated rings. The van der Waals surface area contributed by atoms with Crippen LogP contribution in [0.15, 0.2) is 30.5 Å². The molecule has 0 N–H and O–H groups in total. The highest BCUT2D eigenvalue weighted by molar-refractivity contribution is 6.30. The summed E-state index contributed by atoms with van der Waals surface area (Å²) in [5.41, 5.74) is -1.71. The highest BCUT2D eigenvalue weighted by Gasteiger charge is 2.41. The number of hydrogen-bond donors (Lipinski definition) is 0. The molecule has 0 spiro atoms. The molecular formula is C13H11ClF3N3O2. The summed E-state index contributed by atoms with van der Waals surface area (Å²) in [5, 5.41) is 4.61. The summed E-state index contributed by atoms with van der Waals surface area (Å²) in [5.74, 6) is -0.955. The number of nitrogens with zero attached hydrogens (tertiary/aromatic N) is 3. The zero-order valence-electron chi connectivity index (χ0n) is 11.6. The second-order valence-electron chi connectivity index (χ2n) is 4.28. The van der Waals surface area contributed by atoms with Crippen LogP contribution in [0, 0.1) is 0 Å². The lowest BCUT2D eigenvalue weighted by molar-refractivity contribution is -0.143. The van der Waals surface area contributed by atoms with Crippen LogP contribution in [0.2, 0.25) is 5.02 Å². The summed E-state index contributed by atoms with van der Waals surface area (Å²) in [6.45, 7) is 0. The van der Waals surface area contributed by atoms with Gasteiger partial charge in [-0.25, -0.2) is 9.75 Å². The molecule has 9 heteroatoms. The summed E-state index contributed by atoms with van der Waals surface area (Å²) >= 11 is 5.79. The van der Waals surface area contributed by atoms with E-state index in [4.69, 9.17) is 11.6 Å². The van der Waals surface area contributed by atoms with E-state index in [9.17, 15) is 18.0 Å². The first-order valence-electron chi connectivity index (χ1n) is 5.99. The van der Waals surface area contributed by atoms with E-state index in [0.29, 0.717) is 9.75 Å². The molecule has 0 atom stereocenters. The molecule has 0 aliphatic carbocycles. The van der Waals surface area contributed by atoms with Gasteiger partial charge in [-0.2, -0.15) is 18.3 Å². The molecule has 0 unspecified atom stereocenters. The van der Waals surface area contributed by atoms with Crippen molar-refractivity contribution in [2.75, 3.05) is 14.2 Å². The van der Waals surface area contributed by atoms with E-state index in [-0.39, 0.29) is 10.7 Å². The largest absolute Gasteiger partial charge is 0.434 e. The highest BCUT2D eigenvalue weighted by Crippen LogP contribution is 2.34. The summed E-state index contributed by atoms with van der Waals surface area (Å²) in [6.07, 6.45) is -3.93. The molecule has 22 heavy (non-hydrogen) atoms. The normalized spacial score (nSPS) is 11.5. The fourth-order valence-corrected chi connectivity index (χ4v) is 2.02. The van der Waals surface area contributed by atoms with Crippen molar-refractivity contribution in [1.82, 2.24) is 14.8 Å². The van der Waals surface area contributed by atoms with Crippen LogP contribution in [0.1, 0.15) is 16.1 Å². The fraction of sp³-hybridized carbons (Fsp3) is 0.231. The van der Waals surface area contributed by atoms with Crippen LogP contribution < -0.4 is 0 Å². The molecule has 0 saturated heterocycles. The molecule has 5 nitrogen and oxygen atoms in total. The molecule has 118 valence electrons. The predicted octanol–water partition coefficient (Wildman–Crippen LogP) is 3.18. The van der Waals surface area contributed by atoms with Crippen molar-refractivity contribution in [1.29, 1.82) is 0 Å². The lowest BCUT2D eigenvalue weighted by Crippen LogP contribution is -2.28. The maximum absolute atomic E-state index is 13.4. The van der Waals surface area contributed by atoms with Crippen molar-refractivity contribution in [2.45, 2.75) is 6.18 Å². The molecule has 0 bridgehead atoms. The number of benzene rings is 1. The van der Waals surface area contributed by atoms with Gasteiger partial charge in [0.25, 0.3) is 5.91 Å². The van der Waals surface area contributed by atoms with Crippen molar-refractivity contribution < 1.29 is 22.8 Å². The molecule has 0 radical (unpaired) electrons. The van der Waals surface area contributed by atoms with Crippen molar-refractivity contribution in [2.24, 2.45) is 0 Å². The Labute approximate surface area is 128 Å². The molecule has 1 heterocycles. The topological polar surface area (TPSA) is 47.4 Å². The van der Waals surface area contributed by atoms with Gasteiger partial charge in [-0.1, -0.05) is 17.7 Å². The van der Waals surface area contributed by atoms with Gasteiger partial charge in [0.1, 0.15) is 0 Å². The lowest BCUT2D eigenvalue weighted by atomic mass is 10.2. The van der Waals surface area contributed by atoms with Gasteiger partial charge >= 0.3 is 6.18 Å². The Morgan fingerprint density at radius 2 is 2.09 bits per heavy atom. The Morgan fingerprint density at radius 1 is 1.41 bits per heavy atom. The number of amides is 1. The number of carbonyl (C=O) groups is 1. The molecule has 2 rings (SSSR count). The number of hydroxylamine groups is 2. The van der Waals surface area contributed by atoms with E-state index >= 15 is 0 Å². The Kier molecular flexibility index (Phi) is 4.43. The van der Waals surface area contributed by atoms with Crippen molar-refractivity contribution in [3.63, 3.8) is 0 Å². The minimum absolute atomic E-state index is 0.0962. The number of aromatic nitrogens is 2. The van der Waals surface area contributed by atoms with Gasteiger partial charge in [0.15, 0.2) is 5.69 Å². The minimum atomic E-state index is -4.78. The van der Waals surface area contributed by atoms with Gasteiger partial charge in [-0.05, 0) is 18.2 Å². The lowest BCUT2D eigenvalue weighted by Gasteiger charge is -2.16. The van der Waals surface area contributed by atoms with E-state index < -0.39 is 23.3 Å². The smallest absolute Gasteiger partial charge is 0.274 e. The number of halogens is 4. The van der Waals surface area contributed by atoms with Crippen LogP contribution in [0.5, 0.6) is 0 Å². The van der Waals surface area contributed by atoms with Gasteiger partial charge in [0.05, 0.1) is 24.6 Å². The molecule has 1 aromatic carbocycles. The van der Waals surface area contributed by atoms with Crippen molar-refractivity contribution in [3.8, 4) is 5.69 Å². The van der Waals surface area contributed by atoms with E-state index in [0.717, 1.165) is 6.20 Å². The van der Waals surface area contributed by atoms with Gasteiger partial charge in [-0.15, -0.1) is 0 Å². The minimum Gasteiger partial charge on any atom is -0.274 e. The van der Waals surface area contributed by atoms with Gasteiger partial charge in [0, 0.05) is 12.1 Å². The standard InChI is InChI=1S/C13H11ClF3N3O2/c1-19(22-2)12(21)10-7-18-20(11(10)13(15,16)17)9-5-3-4-8(14)6-9/h3-7H,1-2H3. The number of carbonyl (C=O) groups excluding carboxylic acids is 1. The van der Waals surface area contributed by atoms with Crippen LogP contribution >= 0.6 is 11.6 Å². The van der Waals surface area contributed by atoms with E-state index in [2.05, 4.69) is 9.94 Å². The van der Waals surface area contributed by atoms with E-state index in [1.54, 1.807) is 0 Å². The third-order valence-corrected chi connectivity index (χ3v) is 3.12. The molecule has 1 amide bonds. The molecule has 0 saturated carbocycles. The monoisotopic (exact) mass is 333 g/mol. The summed E-state index contributed by atoms with van der Waals surface area (Å²) < 4.78 is 40.7. The predicted molar refractivity (Wildman–Crippen MR) is 72.7 cm³/mol. The summed E-state index contributed by atoms with van der Waals surface area (Å²) in [4.78, 5) is 16.6. The van der Waals surface area contributed by atoms with Crippen molar-refractivity contribution >= 4 is 17.5 Å². The summed E-state index contributed by atoms with van der Waals surface area (Å²) in [6, 6.07) is 5.73. The molecular weight excluding hydrogens is 323 g/mol. The molecule has 0 aliphatic rings. The quantitative estimate of drug-likeness (QED) is 0.811. The van der Waals surface area contributed by atoms with Gasteiger partial charge in [-0.3, -0.25) is 9.63 Å². The molecule has 0 aliphatic heterocycles. The van der Waals surface area contributed by atoms with Crippen LogP contribution in [0.4, 0.5) is 13.2 Å². The average Bonchev–Trinajstić information content (AvgIpc) is 2.90. The Balaban J connectivity index is 2.62. The van der Waals surface area contributed by atoms with Crippen LogP contribution in [0.25, 0.3) is 5.69 Å². The second kappa shape index (κ2) is 5.98. The fourth-order valence-electron chi connectivity index (χ4n) is 1.83. The summed E-state index contributed by atoms with van der Waals surface area (Å²) in [7, 11) is 2.38. The average molecular weight is 334 g/mol. The second-order valence-corrected chi connectivity index (χ2v) is 4.72. The number of alkyl halides is 3. The van der Waals surface area contributed by atoms with Gasteiger partial charge in [0.2, 0.25) is 0 Å². The first-order chi connectivity index (χ1) is 10.3. The molecule has 1 aromatic heterocycles. The maximum atomic E-state index is 13.4. The zero-order chi connectivity index (χ0) is 16.5. The first kappa shape index (κ1) is 16.3. The molecule has 2 aromatic rings. The van der Waals surface area contributed by atoms with E-state index in [1.807, 2.05) is 0 Å². The SMILES string of the molecule is CON(C)C(=O)c1cnn(-c2cccc(Cl)c2)c1C(F)(F)F. The number of rotatable bonds is 3. The third-order valence-electron chi connectivity index (χ3n) is 2.88. The Morgan fingerprint density at radius 3 is 2.64 bits per heavy atom. The first-order valence-corrected chi connectivity index (χ1v) is 6.37. The highest BCUT2D eigenvalue weighted by atomic mass is 35.5. The van der Waals surface area contributed by atoms with E-state index in [1.165, 1.54) is 38.4 Å². The van der Waals surface area contributed by atoms with Crippen LogP contribution in [-0.4, -0.2) is 34.9 Å². The van der Waals surface area contributed by atoms with Crippen LogP contribution in [-0.2, 0) is 11.0 Å². The third kappa shape index (κ3) is 3.07. The van der Waals surface area contributed by atoms with Crippen LogP contribution in [0.3, 0.4) is 0 Å². The number of hydrogen-bond acceptors (Lipinski definition) is 3. The maximum Gasteiger partial charge on any atom is 0.434 e. The Hall–Kier alpha value is -2.06. The van der Waals surface area contributed by atoms with Crippen molar-refractivity contribution in [3.05, 3.63) is 46.7 Å².